The van der Waals surface area contributed by atoms with Crippen LogP contribution >= 0.6 is 0 Å². The van der Waals surface area contributed by atoms with Crippen molar-refractivity contribution < 1.29 is 14.3 Å². The number of amides is 1. The van der Waals surface area contributed by atoms with E-state index in [4.69, 9.17) is 4.74 Å². The van der Waals surface area contributed by atoms with Crippen LogP contribution in [0.1, 0.15) is 22.8 Å². The number of nitrogens with one attached hydrogen (secondary N) is 1. The molecule has 0 unspecified atom stereocenters. The molecular weight excluding hydrogens is 282 g/mol. The molecule has 0 spiro atoms. The molecule has 0 bridgehead atoms. The Morgan fingerprint density at radius 1 is 1.41 bits per heavy atom. The molecule has 0 saturated heterocycles. The standard InChI is InChI=1S/C16H17N3O3/c1-3-22-16(21)13-5-4-6-14(9-13)18-15(20)8-7-12-10-17-19(2)11-12/h4-11H,3H2,1-2H3,(H,18,20)/b8-7+. The van der Waals surface area contributed by atoms with E-state index in [0.717, 1.165) is 5.56 Å². The molecule has 1 aromatic carbocycles. The Balaban J connectivity index is 2.01. The summed E-state index contributed by atoms with van der Waals surface area (Å²) in [6.45, 7) is 2.05. The Labute approximate surface area is 128 Å². The van der Waals surface area contributed by atoms with Crippen LogP contribution in [-0.4, -0.2) is 28.3 Å². The lowest BCUT2D eigenvalue weighted by molar-refractivity contribution is -0.111. The highest BCUT2D eigenvalue weighted by Crippen LogP contribution is 2.12. The van der Waals surface area contributed by atoms with E-state index in [9.17, 15) is 9.59 Å². The van der Waals surface area contributed by atoms with E-state index in [1.807, 2.05) is 0 Å². The van der Waals surface area contributed by atoms with Crippen molar-refractivity contribution in [1.82, 2.24) is 9.78 Å². The molecule has 22 heavy (non-hydrogen) atoms. The average Bonchev–Trinajstić information content (AvgIpc) is 2.91. The first-order valence-corrected chi connectivity index (χ1v) is 6.83. The summed E-state index contributed by atoms with van der Waals surface area (Å²) in [6.07, 6.45) is 6.53. The van der Waals surface area contributed by atoms with Crippen molar-refractivity contribution in [2.24, 2.45) is 7.05 Å². The van der Waals surface area contributed by atoms with Gasteiger partial charge in [-0.15, -0.1) is 0 Å². The number of hydrogen-bond acceptors (Lipinski definition) is 4. The Bertz CT molecular complexity index is 704. The molecule has 2 rings (SSSR count). The first-order valence-electron chi connectivity index (χ1n) is 6.83. The number of benzene rings is 1. The largest absolute Gasteiger partial charge is 0.462 e. The van der Waals surface area contributed by atoms with E-state index in [1.54, 1.807) is 61.4 Å². The predicted octanol–water partition coefficient (Wildman–Crippen LogP) is 2.25. The molecule has 0 aliphatic rings. The summed E-state index contributed by atoms with van der Waals surface area (Å²) in [5.41, 5.74) is 1.76. The lowest BCUT2D eigenvalue weighted by Crippen LogP contribution is -2.09. The van der Waals surface area contributed by atoms with Crippen LogP contribution in [0.2, 0.25) is 0 Å². The van der Waals surface area contributed by atoms with Crippen molar-refractivity contribution in [2.75, 3.05) is 11.9 Å². The summed E-state index contributed by atoms with van der Waals surface area (Å²) < 4.78 is 6.57. The van der Waals surface area contributed by atoms with Gasteiger partial charge in [-0.1, -0.05) is 6.07 Å². The number of rotatable bonds is 5. The van der Waals surface area contributed by atoms with Gasteiger partial charge in [0.2, 0.25) is 5.91 Å². The molecule has 0 saturated carbocycles. The van der Waals surface area contributed by atoms with Crippen LogP contribution in [0.15, 0.2) is 42.7 Å². The molecule has 0 radical (unpaired) electrons. The zero-order valence-electron chi connectivity index (χ0n) is 12.4. The topological polar surface area (TPSA) is 73.2 Å². The molecule has 114 valence electrons. The third-order valence-electron chi connectivity index (χ3n) is 2.79. The maximum absolute atomic E-state index is 11.9. The second kappa shape index (κ2) is 7.21. The summed E-state index contributed by atoms with van der Waals surface area (Å²) in [5.74, 6) is -0.700. The van der Waals surface area contributed by atoms with Gasteiger partial charge in [-0.2, -0.15) is 5.10 Å². The smallest absolute Gasteiger partial charge is 0.338 e. The molecule has 0 atom stereocenters. The highest BCUT2D eigenvalue weighted by Gasteiger charge is 2.07. The summed E-state index contributed by atoms with van der Waals surface area (Å²) in [6, 6.07) is 6.61. The van der Waals surface area contributed by atoms with Gasteiger partial charge in [-0.25, -0.2) is 4.79 Å². The number of ether oxygens (including phenoxy) is 1. The van der Waals surface area contributed by atoms with Crippen LogP contribution in [0, 0.1) is 0 Å². The third kappa shape index (κ3) is 4.31. The molecule has 1 N–H and O–H groups in total. The first-order chi connectivity index (χ1) is 10.6. The second-order valence-electron chi connectivity index (χ2n) is 4.57. The van der Waals surface area contributed by atoms with E-state index in [-0.39, 0.29) is 5.91 Å². The third-order valence-corrected chi connectivity index (χ3v) is 2.79. The summed E-state index contributed by atoms with van der Waals surface area (Å²) in [5, 5.41) is 6.70. The van der Waals surface area contributed by atoms with Gasteiger partial charge in [0.15, 0.2) is 0 Å². The zero-order chi connectivity index (χ0) is 15.9. The number of anilines is 1. The van der Waals surface area contributed by atoms with Gasteiger partial charge in [0.25, 0.3) is 0 Å². The molecule has 2 aromatic rings. The Morgan fingerprint density at radius 2 is 2.23 bits per heavy atom. The van der Waals surface area contributed by atoms with E-state index >= 15 is 0 Å². The van der Waals surface area contributed by atoms with Crippen LogP contribution in [0.25, 0.3) is 6.08 Å². The number of esters is 1. The highest BCUT2D eigenvalue weighted by atomic mass is 16.5. The molecule has 0 fully saturated rings. The van der Waals surface area contributed by atoms with Crippen LogP contribution in [0.5, 0.6) is 0 Å². The molecule has 6 nitrogen and oxygen atoms in total. The van der Waals surface area contributed by atoms with Crippen molar-refractivity contribution in [2.45, 2.75) is 6.92 Å². The van der Waals surface area contributed by atoms with Crippen molar-refractivity contribution in [3.05, 3.63) is 53.9 Å². The van der Waals surface area contributed by atoms with Crippen LogP contribution < -0.4 is 5.32 Å². The Hall–Kier alpha value is -2.89. The van der Waals surface area contributed by atoms with Gasteiger partial charge in [0.1, 0.15) is 0 Å². The van der Waals surface area contributed by atoms with Crippen LogP contribution in [-0.2, 0) is 16.6 Å². The van der Waals surface area contributed by atoms with E-state index in [0.29, 0.717) is 17.9 Å². The van der Waals surface area contributed by atoms with Gasteiger partial charge in [-0.05, 0) is 31.2 Å². The predicted molar refractivity (Wildman–Crippen MR) is 83.3 cm³/mol. The lowest BCUT2D eigenvalue weighted by atomic mass is 10.2. The van der Waals surface area contributed by atoms with Crippen molar-refractivity contribution in [3.63, 3.8) is 0 Å². The fourth-order valence-electron chi connectivity index (χ4n) is 1.82. The van der Waals surface area contributed by atoms with Crippen LogP contribution in [0.3, 0.4) is 0 Å². The maximum Gasteiger partial charge on any atom is 0.338 e. The van der Waals surface area contributed by atoms with Gasteiger partial charge in [0.05, 0.1) is 18.4 Å². The normalized spacial score (nSPS) is 10.6. The number of nitrogens with zero attached hydrogens (tertiary/aromatic N) is 2. The molecule has 6 heteroatoms. The first kappa shape index (κ1) is 15.5. The molecule has 1 heterocycles. The minimum absolute atomic E-state index is 0.287. The van der Waals surface area contributed by atoms with Gasteiger partial charge in [0, 0.05) is 30.6 Å². The van der Waals surface area contributed by atoms with Crippen molar-refractivity contribution in [1.29, 1.82) is 0 Å². The fourth-order valence-corrected chi connectivity index (χ4v) is 1.82. The quantitative estimate of drug-likeness (QED) is 0.679. The van der Waals surface area contributed by atoms with Crippen molar-refractivity contribution >= 4 is 23.6 Å². The summed E-state index contributed by atoms with van der Waals surface area (Å²) >= 11 is 0. The number of carbonyl (C=O) groups is 2. The van der Waals surface area contributed by atoms with Crippen LogP contribution in [0.4, 0.5) is 5.69 Å². The lowest BCUT2D eigenvalue weighted by Gasteiger charge is -2.05. The molecule has 1 aromatic heterocycles. The Morgan fingerprint density at radius 3 is 2.91 bits per heavy atom. The average molecular weight is 299 g/mol. The molecule has 0 aliphatic heterocycles. The van der Waals surface area contributed by atoms with E-state index < -0.39 is 5.97 Å². The molecular formula is C16H17N3O3. The fraction of sp³-hybridized carbons (Fsp3) is 0.188. The number of carbonyl (C=O) groups excluding carboxylic acids is 2. The monoisotopic (exact) mass is 299 g/mol. The van der Waals surface area contributed by atoms with E-state index in [2.05, 4.69) is 10.4 Å². The number of hydrogen-bond donors (Lipinski definition) is 1. The minimum atomic E-state index is -0.412. The number of aryl methyl sites for hydroxylation is 1. The van der Waals surface area contributed by atoms with Gasteiger partial charge < -0.3 is 10.1 Å². The zero-order valence-corrected chi connectivity index (χ0v) is 12.4. The molecule has 0 aliphatic carbocycles. The number of aromatic nitrogens is 2. The second-order valence-corrected chi connectivity index (χ2v) is 4.57. The van der Waals surface area contributed by atoms with Gasteiger partial charge >= 0.3 is 5.97 Å². The van der Waals surface area contributed by atoms with Crippen molar-refractivity contribution in [3.8, 4) is 0 Å². The SMILES string of the molecule is CCOC(=O)c1cccc(NC(=O)/C=C/c2cnn(C)c2)c1. The summed E-state index contributed by atoms with van der Waals surface area (Å²) in [7, 11) is 1.80. The maximum atomic E-state index is 11.9. The summed E-state index contributed by atoms with van der Waals surface area (Å²) in [4.78, 5) is 23.5. The van der Waals surface area contributed by atoms with E-state index in [1.165, 1.54) is 6.08 Å². The highest BCUT2D eigenvalue weighted by molar-refractivity contribution is 6.02. The van der Waals surface area contributed by atoms with Gasteiger partial charge in [-0.3, -0.25) is 9.48 Å². The Kier molecular flexibility index (Phi) is 5.08. The minimum Gasteiger partial charge on any atom is -0.462 e. The molecule has 1 amide bonds.